The Morgan fingerprint density at radius 1 is 1.33 bits per heavy atom. The number of aliphatic imine (C=N–C) groups is 1. The molecule has 0 fully saturated rings. The summed E-state index contributed by atoms with van der Waals surface area (Å²) in [6.07, 6.45) is 3.41. The van der Waals surface area contributed by atoms with Gasteiger partial charge in [0, 0.05) is 11.6 Å². The number of halogens is 1. The van der Waals surface area contributed by atoms with Crippen LogP contribution in [-0.4, -0.2) is 15.9 Å². The molecule has 0 atom stereocenters. The maximum atomic E-state index is 5.78. The van der Waals surface area contributed by atoms with E-state index in [1.165, 1.54) is 0 Å². The van der Waals surface area contributed by atoms with Gasteiger partial charge in [0.05, 0.1) is 6.20 Å². The van der Waals surface area contributed by atoms with E-state index in [1.807, 2.05) is 18.2 Å². The van der Waals surface area contributed by atoms with Gasteiger partial charge < -0.3 is 15.5 Å². The molecule has 21 heavy (non-hydrogen) atoms. The summed E-state index contributed by atoms with van der Waals surface area (Å²) in [5.41, 5.74) is 5.71. The average Bonchev–Trinajstić information content (AvgIpc) is 2.86. The van der Waals surface area contributed by atoms with Gasteiger partial charge in [-0.3, -0.25) is 0 Å². The monoisotopic (exact) mass is 401 g/mol. The Hall–Kier alpha value is -1.64. The minimum atomic E-state index is -0.0628. The first-order valence-electron chi connectivity index (χ1n) is 6.38. The van der Waals surface area contributed by atoms with Crippen LogP contribution in [0.5, 0.6) is 0 Å². The second-order valence-corrected chi connectivity index (χ2v) is 5.41. The molecule has 0 radical (unpaired) electrons. The molecule has 0 saturated carbocycles. The van der Waals surface area contributed by atoms with Crippen LogP contribution in [0.3, 0.4) is 0 Å². The molecule has 0 aliphatic carbocycles. The molecular formula is C14H20IN5O. The summed E-state index contributed by atoms with van der Waals surface area (Å²) in [7, 11) is 0. The van der Waals surface area contributed by atoms with Gasteiger partial charge in [0.15, 0.2) is 5.96 Å². The van der Waals surface area contributed by atoms with E-state index < -0.39 is 0 Å². The smallest absolute Gasteiger partial charge is 0.216 e. The number of guanidine groups is 1. The second kappa shape index (κ2) is 7.39. The Morgan fingerprint density at radius 2 is 2.10 bits per heavy atom. The zero-order valence-corrected chi connectivity index (χ0v) is 14.7. The van der Waals surface area contributed by atoms with Gasteiger partial charge in [-0.2, -0.15) is 0 Å². The third-order valence-corrected chi connectivity index (χ3v) is 2.60. The summed E-state index contributed by atoms with van der Waals surface area (Å²) in [5.74, 6) is 2.30. The predicted octanol–water partition coefficient (Wildman–Crippen LogP) is 2.91. The van der Waals surface area contributed by atoms with Crippen molar-refractivity contribution >= 4 is 35.8 Å². The zero-order chi connectivity index (χ0) is 14.6. The number of hydrogen-bond acceptors (Lipinski definition) is 4. The number of nitrogens with two attached hydrogens (primary N) is 1. The molecule has 7 heteroatoms. The van der Waals surface area contributed by atoms with Crippen LogP contribution in [0.25, 0.3) is 0 Å². The highest BCUT2D eigenvalue weighted by molar-refractivity contribution is 14.0. The molecule has 3 N–H and O–H groups in total. The van der Waals surface area contributed by atoms with Crippen LogP contribution in [0.1, 0.15) is 32.4 Å². The van der Waals surface area contributed by atoms with Crippen molar-refractivity contribution in [2.24, 2.45) is 10.7 Å². The molecule has 0 amide bonds. The Labute approximate surface area is 141 Å². The molecule has 2 heterocycles. The first-order valence-corrected chi connectivity index (χ1v) is 6.38. The quantitative estimate of drug-likeness (QED) is 0.469. The van der Waals surface area contributed by atoms with Crippen LogP contribution in [0, 0.1) is 0 Å². The van der Waals surface area contributed by atoms with Gasteiger partial charge in [-0.1, -0.05) is 26.8 Å². The SMILES string of the molecule is CC(C)(C)c1cnc(CN=C(N)Nc2ccccn2)o1.I. The fraction of sp³-hybridized carbons (Fsp3) is 0.357. The Morgan fingerprint density at radius 3 is 2.67 bits per heavy atom. The van der Waals surface area contributed by atoms with E-state index in [2.05, 4.69) is 41.0 Å². The number of pyridine rings is 1. The van der Waals surface area contributed by atoms with Gasteiger partial charge >= 0.3 is 0 Å². The molecule has 0 aliphatic rings. The predicted molar refractivity (Wildman–Crippen MR) is 93.8 cm³/mol. The van der Waals surface area contributed by atoms with E-state index in [0.29, 0.717) is 18.3 Å². The number of hydrogen-bond donors (Lipinski definition) is 2. The molecule has 114 valence electrons. The number of nitrogens with zero attached hydrogens (tertiary/aromatic N) is 3. The first kappa shape index (κ1) is 17.4. The van der Waals surface area contributed by atoms with Gasteiger partial charge in [-0.25, -0.2) is 15.0 Å². The van der Waals surface area contributed by atoms with E-state index in [4.69, 9.17) is 10.2 Å². The van der Waals surface area contributed by atoms with E-state index in [1.54, 1.807) is 12.4 Å². The fourth-order valence-electron chi connectivity index (χ4n) is 1.49. The van der Waals surface area contributed by atoms with Crippen LogP contribution in [0.2, 0.25) is 0 Å². The second-order valence-electron chi connectivity index (χ2n) is 5.41. The Kier molecular flexibility index (Phi) is 6.13. The van der Waals surface area contributed by atoms with E-state index >= 15 is 0 Å². The van der Waals surface area contributed by atoms with Crippen LogP contribution in [-0.2, 0) is 12.0 Å². The molecule has 2 aromatic rings. The average molecular weight is 401 g/mol. The third kappa shape index (κ3) is 5.33. The van der Waals surface area contributed by atoms with Crippen LogP contribution in [0.15, 0.2) is 40.0 Å². The fourth-order valence-corrected chi connectivity index (χ4v) is 1.49. The maximum Gasteiger partial charge on any atom is 0.216 e. The number of anilines is 1. The molecule has 0 unspecified atom stereocenters. The van der Waals surface area contributed by atoms with Crippen molar-refractivity contribution in [2.75, 3.05) is 5.32 Å². The van der Waals surface area contributed by atoms with Crippen molar-refractivity contribution in [3.63, 3.8) is 0 Å². The van der Waals surface area contributed by atoms with Gasteiger partial charge in [-0.05, 0) is 12.1 Å². The highest BCUT2D eigenvalue weighted by Gasteiger charge is 2.18. The van der Waals surface area contributed by atoms with Gasteiger partial charge in [-0.15, -0.1) is 24.0 Å². The number of nitrogens with one attached hydrogen (secondary N) is 1. The largest absolute Gasteiger partial charge is 0.443 e. The molecule has 0 saturated heterocycles. The van der Waals surface area contributed by atoms with E-state index in [-0.39, 0.29) is 35.4 Å². The van der Waals surface area contributed by atoms with E-state index in [9.17, 15) is 0 Å². The molecule has 6 nitrogen and oxygen atoms in total. The van der Waals surface area contributed by atoms with Crippen LogP contribution < -0.4 is 11.1 Å². The standard InChI is InChI=1S/C14H19N5O.HI/c1-14(2,3)10-8-17-12(20-10)9-18-13(15)19-11-6-4-5-7-16-11;/h4-8H,9H2,1-3H3,(H3,15,16,18,19);1H. The van der Waals surface area contributed by atoms with Crippen molar-refractivity contribution in [1.29, 1.82) is 0 Å². The zero-order valence-electron chi connectivity index (χ0n) is 12.3. The molecule has 2 aromatic heterocycles. The summed E-state index contributed by atoms with van der Waals surface area (Å²) >= 11 is 0. The lowest BCUT2D eigenvalue weighted by molar-refractivity contribution is 0.383. The highest BCUT2D eigenvalue weighted by Crippen LogP contribution is 2.22. The maximum absolute atomic E-state index is 5.78. The lowest BCUT2D eigenvalue weighted by atomic mass is 9.94. The van der Waals surface area contributed by atoms with Crippen LogP contribution in [0.4, 0.5) is 5.82 Å². The first-order chi connectivity index (χ1) is 9.45. The molecule has 0 aromatic carbocycles. The lowest BCUT2D eigenvalue weighted by Crippen LogP contribution is -2.23. The topological polar surface area (TPSA) is 89.3 Å². The molecule has 0 aliphatic heterocycles. The van der Waals surface area contributed by atoms with Crippen molar-refractivity contribution in [3.8, 4) is 0 Å². The van der Waals surface area contributed by atoms with Gasteiger partial charge in [0.25, 0.3) is 0 Å². The van der Waals surface area contributed by atoms with Crippen molar-refractivity contribution in [3.05, 3.63) is 42.2 Å². The summed E-state index contributed by atoms with van der Waals surface area (Å²) in [6, 6.07) is 5.51. The summed E-state index contributed by atoms with van der Waals surface area (Å²) in [6.45, 7) is 6.49. The molecule has 2 rings (SSSR count). The normalized spacial score (nSPS) is 11.9. The number of rotatable bonds is 3. The van der Waals surface area contributed by atoms with E-state index in [0.717, 1.165) is 5.76 Å². The number of aromatic nitrogens is 2. The Balaban J connectivity index is 0.00000220. The van der Waals surface area contributed by atoms with Crippen molar-refractivity contribution in [1.82, 2.24) is 9.97 Å². The molecular weight excluding hydrogens is 381 g/mol. The number of oxazole rings is 1. The van der Waals surface area contributed by atoms with Gasteiger partial charge in [0.1, 0.15) is 18.1 Å². The van der Waals surface area contributed by atoms with Crippen LogP contribution >= 0.6 is 24.0 Å². The van der Waals surface area contributed by atoms with Crippen molar-refractivity contribution in [2.45, 2.75) is 32.7 Å². The Bertz CT molecular complexity index is 589. The minimum Gasteiger partial charge on any atom is -0.443 e. The summed E-state index contributed by atoms with van der Waals surface area (Å²) in [5, 5.41) is 2.90. The molecule has 0 bridgehead atoms. The van der Waals surface area contributed by atoms with Gasteiger partial charge in [0.2, 0.25) is 5.89 Å². The summed E-state index contributed by atoms with van der Waals surface area (Å²) in [4.78, 5) is 12.5. The lowest BCUT2D eigenvalue weighted by Gasteiger charge is -2.12. The third-order valence-electron chi connectivity index (χ3n) is 2.60. The summed E-state index contributed by atoms with van der Waals surface area (Å²) < 4.78 is 5.63. The van der Waals surface area contributed by atoms with Crippen molar-refractivity contribution < 1.29 is 4.42 Å². The minimum absolute atomic E-state index is 0. The highest BCUT2D eigenvalue weighted by atomic mass is 127. The molecule has 0 spiro atoms.